The SMILES string of the molecule is CCC[C@H](NC(=O)[C@@H]1[C@H]2CCC[C@H]2CN1C(=O)[C@@H](NC(=O)[C@@H](NC(=O)c1cnccn1)C1CCCCC1)C(C)(C)C)C(=O)C(N)=NC1CC1. The molecule has 5 N–H and O–H groups in total. The molecule has 1 aromatic heterocycles. The first kappa shape index (κ1) is 36.4. The van der Waals surface area contributed by atoms with Gasteiger partial charge in [0.1, 0.15) is 23.8 Å². The molecule has 4 aliphatic rings. The van der Waals surface area contributed by atoms with Gasteiger partial charge in [0.05, 0.1) is 18.3 Å². The van der Waals surface area contributed by atoms with Crippen LogP contribution in [-0.4, -0.2) is 86.9 Å². The zero-order valence-electron chi connectivity index (χ0n) is 29.5. The van der Waals surface area contributed by atoms with Gasteiger partial charge in [-0.05, 0) is 68.1 Å². The van der Waals surface area contributed by atoms with E-state index in [1.807, 2.05) is 27.7 Å². The van der Waals surface area contributed by atoms with Gasteiger partial charge in [-0.25, -0.2) is 4.98 Å². The first-order valence-electron chi connectivity index (χ1n) is 18.2. The molecule has 0 aromatic carbocycles. The predicted octanol–water partition coefficient (Wildman–Crippen LogP) is 2.69. The lowest BCUT2D eigenvalue weighted by molar-refractivity contribution is -0.145. The summed E-state index contributed by atoms with van der Waals surface area (Å²) in [6.45, 7) is 7.98. The molecule has 268 valence electrons. The minimum absolute atomic E-state index is 0.0450. The summed E-state index contributed by atoms with van der Waals surface area (Å²) < 4.78 is 0. The van der Waals surface area contributed by atoms with Crippen molar-refractivity contribution in [2.75, 3.05) is 6.54 Å². The van der Waals surface area contributed by atoms with Gasteiger partial charge in [-0.3, -0.25) is 33.9 Å². The molecular formula is C36H54N8O5. The number of amides is 4. The Labute approximate surface area is 289 Å². The van der Waals surface area contributed by atoms with Crippen LogP contribution in [0.5, 0.6) is 0 Å². The fourth-order valence-corrected chi connectivity index (χ4v) is 7.87. The molecule has 2 heterocycles. The number of ketones is 1. The zero-order valence-corrected chi connectivity index (χ0v) is 29.5. The average molecular weight is 679 g/mol. The smallest absolute Gasteiger partial charge is 0.272 e. The Morgan fingerprint density at radius 1 is 0.959 bits per heavy atom. The van der Waals surface area contributed by atoms with E-state index in [2.05, 4.69) is 30.9 Å². The van der Waals surface area contributed by atoms with E-state index in [0.29, 0.717) is 19.4 Å². The van der Waals surface area contributed by atoms with E-state index < -0.39 is 47.2 Å². The number of likely N-dealkylation sites (tertiary alicyclic amines) is 1. The molecule has 1 aromatic rings. The van der Waals surface area contributed by atoms with Crippen molar-refractivity contribution in [3.63, 3.8) is 0 Å². The van der Waals surface area contributed by atoms with E-state index in [1.54, 1.807) is 4.90 Å². The average Bonchev–Trinajstić information content (AvgIpc) is 3.65. The first-order valence-corrected chi connectivity index (χ1v) is 18.2. The second kappa shape index (κ2) is 15.8. The van der Waals surface area contributed by atoms with Crippen LogP contribution in [0.15, 0.2) is 23.6 Å². The molecular weight excluding hydrogens is 624 g/mol. The van der Waals surface area contributed by atoms with Gasteiger partial charge in [0.15, 0.2) is 5.84 Å². The maximum atomic E-state index is 14.6. The highest BCUT2D eigenvalue weighted by Gasteiger charge is 2.52. The van der Waals surface area contributed by atoms with Crippen LogP contribution in [0.2, 0.25) is 0 Å². The number of hydrogen-bond acceptors (Lipinski definition) is 8. The fourth-order valence-electron chi connectivity index (χ4n) is 7.87. The Morgan fingerprint density at radius 3 is 2.33 bits per heavy atom. The minimum atomic E-state index is -0.969. The third kappa shape index (κ3) is 8.83. The number of Topliss-reactive ketones (excluding diaryl/α,β-unsaturated/α-hetero) is 1. The minimum Gasteiger partial charge on any atom is -0.381 e. The van der Waals surface area contributed by atoms with Crippen LogP contribution in [0.25, 0.3) is 0 Å². The summed E-state index contributed by atoms with van der Waals surface area (Å²) >= 11 is 0. The molecule has 1 aliphatic heterocycles. The van der Waals surface area contributed by atoms with Crippen LogP contribution in [0, 0.1) is 23.2 Å². The lowest BCUT2D eigenvalue weighted by Crippen LogP contribution is -2.62. The standard InChI is InChI=1S/C36H54N8O5/c1-5-10-25(29(45)31(37)40-23-15-16-23)41-34(48)28-24-14-9-13-22(24)20-44(28)35(49)30(36(2,3)4)43-33(47)27(21-11-7-6-8-12-21)42-32(46)26-19-38-17-18-39-26/h17-19,21-25,27-28,30H,5-16,20H2,1-4H3,(H2,37,40)(H,41,48)(H,42,46)(H,43,47)/t22-,24-,25-,27-,28-,30+/m0/s1. The number of aromatic nitrogens is 2. The van der Waals surface area contributed by atoms with E-state index in [9.17, 15) is 24.0 Å². The van der Waals surface area contributed by atoms with Gasteiger partial charge in [0.25, 0.3) is 5.91 Å². The van der Waals surface area contributed by atoms with Crippen molar-refractivity contribution < 1.29 is 24.0 Å². The van der Waals surface area contributed by atoms with Crippen molar-refractivity contribution in [1.82, 2.24) is 30.8 Å². The highest BCUT2D eigenvalue weighted by molar-refractivity contribution is 6.40. The second-order valence-corrected chi connectivity index (χ2v) is 15.5. The number of nitrogens with zero attached hydrogens (tertiary/aromatic N) is 4. The van der Waals surface area contributed by atoms with Gasteiger partial charge in [-0.15, -0.1) is 0 Å². The summed E-state index contributed by atoms with van der Waals surface area (Å²) in [4.78, 5) is 83.4. The number of fused-ring (bicyclic) bond motifs is 1. The third-order valence-corrected chi connectivity index (χ3v) is 10.7. The lowest BCUT2D eigenvalue weighted by atomic mass is 9.82. The highest BCUT2D eigenvalue weighted by Crippen LogP contribution is 2.43. The molecule has 13 heteroatoms. The monoisotopic (exact) mass is 678 g/mol. The zero-order chi connectivity index (χ0) is 35.3. The van der Waals surface area contributed by atoms with E-state index in [0.717, 1.165) is 64.2 Å². The van der Waals surface area contributed by atoms with Gasteiger partial charge >= 0.3 is 0 Å². The largest absolute Gasteiger partial charge is 0.381 e. The molecule has 6 atom stereocenters. The van der Waals surface area contributed by atoms with Crippen molar-refractivity contribution >= 4 is 35.2 Å². The summed E-state index contributed by atoms with van der Waals surface area (Å²) in [6, 6.07) is -3.37. The molecule has 1 saturated heterocycles. The van der Waals surface area contributed by atoms with Crippen LogP contribution >= 0.6 is 0 Å². The molecule has 0 bridgehead atoms. The van der Waals surface area contributed by atoms with Gasteiger partial charge in [-0.2, -0.15) is 0 Å². The number of rotatable bonds is 13. The number of aliphatic imine (C=N–C) groups is 1. The van der Waals surface area contributed by atoms with E-state index in [4.69, 9.17) is 5.73 Å². The molecule has 4 amide bonds. The lowest BCUT2D eigenvalue weighted by Gasteiger charge is -2.38. The van der Waals surface area contributed by atoms with E-state index >= 15 is 0 Å². The molecule has 0 spiro atoms. The summed E-state index contributed by atoms with van der Waals surface area (Å²) in [5, 5.41) is 8.89. The number of carbonyl (C=O) groups excluding carboxylic acids is 5. The first-order chi connectivity index (χ1) is 23.4. The molecule has 49 heavy (non-hydrogen) atoms. The Balaban J connectivity index is 1.36. The Morgan fingerprint density at radius 2 is 1.69 bits per heavy atom. The van der Waals surface area contributed by atoms with Crippen molar-refractivity contribution in [3.05, 3.63) is 24.3 Å². The van der Waals surface area contributed by atoms with Gasteiger partial charge in [-0.1, -0.05) is 59.8 Å². The number of nitrogens with two attached hydrogens (primary N) is 1. The molecule has 3 saturated carbocycles. The van der Waals surface area contributed by atoms with E-state index in [-0.39, 0.29) is 47.1 Å². The van der Waals surface area contributed by atoms with Crippen molar-refractivity contribution in [1.29, 1.82) is 0 Å². The number of amidine groups is 1. The fraction of sp³-hybridized carbons (Fsp3) is 0.722. The normalized spacial score (nSPS) is 24.8. The Bertz CT molecular complexity index is 1400. The number of carbonyl (C=O) groups is 5. The predicted molar refractivity (Wildman–Crippen MR) is 184 cm³/mol. The quantitative estimate of drug-likeness (QED) is 0.181. The van der Waals surface area contributed by atoms with Gasteiger partial charge in [0, 0.05) is 18.9 Å². The van der Waals surface area contributed by atoms with Crippen molar-refractivity contribution in [2.24, 2.45) is 33.9 Å². The molecule has 0 unspecified atom stereocenters. The van der Waals surface area contributed by atoms with E-state index in [1.165, 1.54) is 18.6 Å². The molecule has 4 fully saturated rings. The molecule has 3 aliphatic carbocycles. The Kier molecular flexibility index (Phi) is 11.7. The summed E-state index contributed by atoms with van der Waals surface area (Å²) in [5.74, 6) is -2.09. The van der Waals surface area contributed by atoms with Crippen LogP contribution in [-0.2, 0) is 19.2 Å². The maximum Gasteiger partial charge on any atom is 0.272 e. The molecule has 0 radical (unpaired) electrons. The summed E-state index contributed by atoms with van der Waals surface area (Å²) in [7, 11) is 0. The molecule has 13 nitrogen and oxygen atoms in total. The number of hydrogen-bond donors (Lipinski definition) is 4. The highest BCUT2D eigenvalue weighted by atomic mass is 16.2. The van der Waals surface area contributed by atoms with Crippen LogP contribution in [0.3, 0.4) is 0 Å². The summed E-state index contributed by atoms with van der Waals surface area (Å²) in [5.41, 5.74) is 5.46. The topological polar surface area (TPSA) is 189 Å². The summed E-state index contributed by atoms with van der Waals surface area (Å²) in [6.07, 6.45) is 14.3. The van der Waals surface area contributed by atoms with Crippen molar-refractivity contribution in [3.8, 4) is 0 Å². The number of nitrogens with one attached hydrogen (secondary N) is 3. The molecule has 5 rings (SSSR count). The van der Waals surface area contributed by atoms with Crippen LogP contribution < -0.4 is 21.7 Å². The van der Waals surface area contributed by atoms with Gasteiger partial charge < -0.3 is 26.6 Å². The second-order valence-electron chi connectivity index (χ2n) is 15.5. The van der Waals surface area contributed by atoms with Crippen LogP contribution in [0.1, 0.15) is 115 Å². The van der Waals surface area contributed by atoms with Crippen LogP contribution in [0.4, 0.5) is 0 Å². The van der Waals surface area contributed by atoms with Gasteiger partial charge in [0.2, 0.25) is 23.5 Å². The third-order valence-electron chi connectivity index (χ3n) is 10.7. The Hall–Kier alpha value is -3.90. The maximum absolute atomic E-state index is 14.6. The van der Waals surface area contributed by atoms with Crippen molar-refractivity contribution in [2.45, 2.75) is 135 Å².